The number of hydrogen-bond acceptors (Lipinski definition) is 4. The fourth-order valence-corrected chi connectivity index (χ4v) is 2.53. The average Bonchev–Trinajstić information content (AvgIpc) is 2.82. The van der Waals surface area contributed by atoms with Gasteiger partial charge in [-0.3, -0.25) is 4.79 Å². The van der Waals surface area contributed by atoms with E-state index in [9.17, 15) is 14.7 Å². The number of amides is 1. The van der Waals surface area contributed by atoms with Crippen molar-refractivity contribution >= 4 is 39.8 Å². The molecule has 0 aliphatic rings. The number of phenols is 1. The number of aromatic carboxylic acids is 1. The van der Waals surface area contributed by atoms with Crippen LogP contribution in [0.25, 0.3) is 0 Å². The first-order chi connectivity index (χ1) is 9.45. The first kappa shape index (κ1) is 14.4. The second-order valence-electron chi connectivity index (χ2n) is 3.97. The van der Waals surface area contributed by atoms with Crippen LogP contribution in [0.4, 0.5) is 5.00 Å². The molecule has 0 saturated carbocycles. The summed E-state index contributed by atoms with van der Waals surface area (Å²) in [5, 5.41) is 21.8. The molecule has 0 aliphatic carbocycles. The summed E-state index contributed by atoms with van der Waals surface area (Å²) in [5.74, 6) is -1.41. The highest BCUT2D eigenvalue weighted by Crippen LogP contribution is 2.24. The average molecular weight is 312 g/mol. The minimum Gasteiger partial charge on any atom is -0.508 e. The molecule has 0 aliphatic heterocycles. The van der Waals surface area contributed by atoms with E-state index < -0.39 is 5.97 Å². The number of carbonyl (C=O) groups is 2. The summed E-state index contributed by atoms with van der Waals surface area (Å²) in [7, 11) is 0. The Hall–Kier alpha value is -2.05. The first-order valence-electron chi connectivity index (χ1n) is 5.56. The molecule has 1 aromatic heterocycles. The fraction of sp³-hybridized carbons (Fsp3) is 0.0769. The summed E-state index contributed by atoms with van der Waals surface area (Å²) in [4.78, 5) is 22.7. The van der Waals surface area contributed by atoms with Crippen molar-refractivity contribution < 1.29 is 19.8 Å². The Labute approximate surface area is 123 Å². The third kappa shape index (κ3) is 3.49. The Morgan fingerprint density at radius 1 is 1.25 bits per heavy atom. The number of anilines is 1. The highest BCUT2D eigenvalue weighted by Gasteiger charge is 2.11. The van der Waals surface area contributed by atoms with E-state index in [4.69, 9.17) is 16.7 Å². The van der Waals surface area contributed by atoms with Gasteiger partial charge < -0.3 is 15.5 Å². The largest absolute Gasteiger partial charge is 0.508 e. The minimum absolute atomic E-state index is 0.0121. The van der Waals surface area contributed by atoms with E-state index in [0.717, 1.165) is 11.3 Å². The van der Waals surface area contributed by atoms with Gasteiger partial charge in [0.2, 0.25) is 5.91 Å². The number of aromatic hydroxyl groups is 1. The van der Waals surface area contributed by atoms with Crippen LogP contribution in [-0.2, 0) is 11.2 Å². The Morgan fingerprint density at radius 2 is 2.00 bits per heavy atom. The lowest BCUT2D eigenvalue weighted by Gasteiger charge is -2.05. The van der Waals surface area contributed by atoms with Crippen molar-refractivity contribution in [3.05, 3.63) is 45.8 Å². The molecule has 1 amide bonds. The Kier molecular flexibility index (Phi) is 4.26. The molecule has 0 radical (unpaired) electrons. The molecule has 1 heterocycles. The van der Waals surface area contributed by atoms with E-state index in [1.54, 1.807) is 0 Å². The summed E-state index contributed by atoms with van der Waals surface area (Å²) < 4.78 is 0. The van der Waals surface area contributed by atoms with Crippen LogP contribution >= 0.6 is 22.9 Å². The molecule has 2 rings (SSSR count). The smallest absolute Gasteiger partial charge is 0.345 e. The summed E-state index contributed by atoms with van der Waals surface area (Å²) in [6.07, 6.45) is -0.0489. The second-order valence-corrected chi connectivity index (χ2v) is 5.49. The van der Waals surface area contributed by atoms with E-state index in [-0.39, 0.29) is 23.0 Å². The topological polar surface area (TPSA) is 86.6 Å². The van der Waals surface area contributed by atoms with Gasteiger partial charge in [0, 0.05) is 10.6 Å². The Morgan fingerprint density at radius 3 is 2.65 bits per heavy atom. The van der Waals surface area contributed by atoms with Gasteiger partial charge in [0.1, 0.15) is 10.6 Å². The molecular formula is C13H10ClNO4S. The van der Waals surface area contributed by atoms with Crippen LogP contribution in [0.3, 0.4) is 0 Å². The van der Waals surface area contributed by atoms with E-state index >= 15 is 0 Å². The summed E-state index contributed by atoms with van der Waals surface area (Å²) in [6.45, 7) is 0. The highest BCUT2D eigenvalue weighted by molar-refractivity contribution is 7.18. The third-order valence-corrected chi connectivity index (χ3v) is 3.70. The van der Waals surface area contributed by atoms with Crippen molar-refractivity contribution in [1.82, 2.24) is 0 Å². The second kappa shape index (κ2) is 5.94. The van der Waals surface area contributed by atoms with Crippen molar-refractivity contribution in [3.8, 4) is 5.75 Å². The number of rotatable bonds is 4. The number of carboxylic acids is 1. The van der Waals surface area contributed by atoms with E-state index in [1.165, 1.54) is 30.3 Å². The molecule has 0 fully saturated rings. The number of carboxylic acid groups (broad SMARTS) is 1. The molecule has 2 aromatic rings. The van der Waals surface area contributed by atoms with E-state index in [0.29, 0.717) is 15.6 Å². The predicted molar refractivity (Wildman–Crippen MR) is 76.7 cm³/mol. The van der Waals surface area contributed by atoms with Gasteiger partial charge in [0.05, 0.1) is 11.4 Å². The lowest BCUT2D eigenvalue weighted by atomic mass is 10.1. The summed E-state index contributed by atoms with van der Waals surface area (Å²) in [6, 6.07) is 7.38. The van der Waals surface area contributed by atoms with Crippen LogP contribution in [0.2, 0.25) is 5.02 Å². The SMILES string of the molecule is O=C(Cc1cc(Cl)ccc1O)Nc1ccc(C(=O)O)s1. The zero-order valence-corrected chi connectivity index (χ0v) is 11.7. The minimum atomic E-state index is -1.04. The monoisotopic (exact) mass is 311 g/mol. The van der Waals surface area contributed by atoms with Crippen LogP contribution in [0.1, 0.15) is 15.2 Å². The standard InChI is InChI=1S/C13H10ClNO4S/c14-8-1-2-9(16)7(5-8)6-11(17)15-12-4-3-10(20-12)13(18)19/h1-5,16H,6H2,(H,15,17)(H,18,19). The summed E-state index contributed by atoms with van der Waals surface area (Å²) in [5.41, 5.74) is 0.407. The van der Waals surface area contributed by atoms with E-state index in [1.807, 2.05) is 0 Å². The molecule has 20 heavy (non-hydrogen) atoms. The maximum Gasteiger partial charge on any atom is 0.345 e. The molecular weight excluding hydrogens is 302 g/mol. The molecule has 5 nitrogen and oxygen atoms in total. The molecule has 104 valence electrons. The normalized spacial score (nSPS) is 10.2. The van der Waals surface area contributed by atoms with Crippen molar-refractivity contribution in [2.75, 3.05) is 5.32 Å². The zero-order chi connectivity index (χ0) is 14.7. The van der Waals surface area contributed by atoms with Crippen LogP contribution < -0.4 is 5.32 Å². The number of carbonyl (C=O) groups excluding carboxylic acids is 1. The number of phenolic OH excluding ortho intramolecular Hbond substituents is 1. The quantitative estimate of drug-likeness (QED) is 0.810. The van der Waals surface area contributed by atoms with Crippen LogP contribution in [0.5, 0.6) is 5.75 Å². The Bertz CT molecular complexity index is 668. The van der Waals surface area contributed by atoms with E-state index in [2.05, 4.69) is 5.32 Å². The molecule has 7 heteroatoms. The van der Waals surface area contributed by atoms with Gasteiger partial charge in [-0.25, -0.2) is 4.79 Å². The number of halogens is 1. The van der Waals surface area contributed by atoms with Crippen LogP contribution in [-0.4, -0.2) is 22.1 Å². The van der Waals surface area contributed by atoms with Crippen LogP contribution in [0.15, 0.2) is 30.3 Å². The molecule has 3 N–H and O–H groups in total. The molecule has 1 aromatic carbocycles. The first-order valence-corrected chi connectivity index (χ1v) is 6.75. The molecule has 0 bridgehead atoms. The maximum absolute atomic E-state index is 11.8. The molecule has 0 atom stereocenters. The lowest BCUT2D eigenvalue weighted by molar-refractivity contribution is -0.115. The van der Waals surface area contributed by atoms with Crippen LogP contribution in [0, 0.1) is 0 Å². The van der Waals surface area contributed by atoms with Gasteiger partial charge in [0.25, 0.3) is 0 Å². The van der Waals surface area contributed by atoms with Gasteiger partial charge in [-0.05, 0) is 30.3 Å². The Balaban J connectivity index is 2.05. The lowest BCUT2D eigenvalue weighted by Crippen LogP contribution is -2.13. The predicted octanol–water partition coefficient (Wildman–Crippen LogP) is 2.99. The number of nitrogens with one attached hydrogen (secondary N) is 1. The van der Waals surface area contributed by atoms with Crippen molar-refractivity contribution in [1.29, 1.82) is 0 Å². The van der Waals surface area contributed by atoms with Gasteiger partial charge >= 0.3 is 5.97 Å². The summed E-state index contributed by atoms with van der Waals surface area (Å²) >= 11 is 6.76. The third-order valence-electron chi connectivity index (χ3n) is 2.47. The number of benzene rings is 1. The number of hydrogen-bond donors (Lipinski definition) is 3. The maximum atomic E-state index is 11.8. The zero-order valence-electron chi connectivity index (χ0n) is 10.1. The van der Waals surface area contributed by atoms with Crippen molar-refractivity contribution in [3.63, 3.8) is 0 Å². The van der Waals surface area contributed by atoms with Gasteiger partial charge in [-0.2, -0.15) is 0 Å². The van der Waals surface area contributed by atoms with Crippen molar-refractivity contribution in [2.45, 2.75) is 6.42 Å². The molecule has 0 spiro atoms. The molecule has 0 unspecified atom stereocenters. The number of thiophene rings is 1. The molecule has 0 saturated heterocycles. The van der Waals surface area contributed by atoms with Crippen molar-refractivity contribution in [2.24, 2.45) is 0 Å². The van der Waals surface area contributed by atoms with Gasteiger partial charge in [-0.15, -0.1) is 11.3 Å². The van der Waals surface area contributed by atoms with Gasteiger partial charge in [-0.1, -0.05) is 11.6 Å². The highest BCUT2D eigenvalue weighted by atomic mass is 35.5. The fourth-order valence-electron chi connectivity index (χ4n) is 1.57. The van der Waals surface area contributed by atoms with Gasteiger partial charge in [0.15, 0.2) is 0 Å².